The van der Waals surface area contributed by atoms with E-state index >= 15 is 0 Å². The summed E-state index contributed by atoms with van der Waals surface area (Å²) in [6.45, 7) is 0. The molecule has 6 heteroatoms. The van der Waals surface area contributed by atoms with Gasteiger partial charge < -0.3 is 5.32 Å². The van der Waals surface area contributed by atoms with E-state index in [0.29, 0.717) is 10.2 Å². The number of rotatable bonds is 3. The molecule has 0 spiro atoms. The molecule has 0 heterocycles. The van der Waals surface area contributed by atoms with Crippen molar-refractivity contribution in [3.63, 3.8) is 0 Å². The summed E-state index contributed by atoms with van der Waals surface area (Å²) in [4.78, 5) is 10.6. The van der Waals surface area contributed by atoms with Gasteiger partial charge in [-0.05, 0) is 31.4 Å². The molecule has 0 amide bonds. The smallest absolute Gasteiger partial charge is 0.293 e. The number of nitrogens with zero attached hydrogens (tertiary/aromatic N) is 2. The Bertz CT molecular complexity index is 513. The van der Waals surface area contributed by atoms with Crippen molar-refractivity contribution < 1.29 is 4.92 Å². The maximum atomic E-state index is 11.0. The molecule has 2 rings (SSSR count). The lowest BCUT2D eigenvalue weighted by Gasteiger charge is -2.16. The molecule has 1 saturated carbocycles. The lowest BCUT2D eigenvalue weighted by atomic mass is 10.1. The maximum absolute atomic E-state index is 11.0. The van der Waals surface area contributed by atoms with Gasteiger partial charge in [-0.25, -0.2) is 0 Å². The Balaban J connectivity index is 2.24. The normalized spacial score (nSPS) is 22.4. The standard InChI is InChI=1S/C12H12BrN3O2/c13-9-4-5-11(12(6-9)16(17)18)15-10-3-1-2-8(10)7-14/h4-6,8,10,15H,1-3H2/t8-,10+/m0/s1. The van der Waals surface area contributed by atoms with Crippen LogP contribution >= 0.6 is 15.9 Å². The van der Waals surface area contributed by atoms with Crippen LogP contribution in [0, 0.1) is 27.4 Å². The zero-order chi connectivity index (χ0) is 13.1. The third kappa shape index (κ3) is 2.62. The van der Waals surface area contributed by atoms with Gasteiger partial charge in [0.25, 0.3) is 5.69 Å². The summed E-state index contributed by atoms with van der Waals surface area (Å²) in [5, 5.41) is 23.1. The SMILES string of the molecule is N#C[C@@H]1CCC[C@H]1Nc1ccc(Br)cc1[N+](=O)[O-]. The first-order valence-electron chi connectivity index (χ1n) is 5.72. The van der Waals surface area contributed by atoms with Crippen LogP contribution in [0.2, 0.25) is 0 Å². The van der Waals surface area contributed by atoms with Gasteiger partial charge >= 0.3 is 0 Å². The van der Waals surface area contributed by atoms with Crippen LogP contribution in [0.4, 0.5) is 11.4 Å². The highest BCUT2D eigenvalue weighted by Gasteiger charge is 2.28. The summed E-state index contributed by atoms with van der Waals surface area (Å²) < 4.78 is 0.669. The number of benzene rings is 1. The van der Waals surface area contributed by atoms with Crippen molar-refractivity contribution in [2.45, 2.75) is 25.3 Å². The van der Waals surface area contributed by atoms with Gasteiger partial charge in [0.2, 0.25) is 0 Å². The maximum Gasteiger partial charge on any atom is 0.293 e. The van der Waals surface area contributed by atoms with Crippen LogP contribution in [0.5, 0.6) is 0 Å². The van der Waals surface area contributed by atoms with Gasteiger partial charge in [0.1, 0.15) is 5.69 Å². The quantitative estimate of drug-likeness (QED) is 0.685. The van der Waals surface area contributed by atoms with Crippen molar-refractivity contribution in [3.05, 3.63) is 32.8 Å². The van der Waals surface area contributed by atoms with Gasteiger partial charge in [0, 0.05) is 16.6 Å². The minimum atomic E-state index is -0.413. The fraction of sp³-hybridized carbons (Fsp3) is 0.417. The predicted octanol–water partition coefficient (Wildman–Crippen LogP) is 3.46. The minimum Gasteiger partial charge on any atom is -0.375 e. The van der Waals surface area contributed by atoms with Crippen molar-refractivity contribution in [1.29, 1.82) is 5.26 Å². The number of nitro groups is 1. The largest absolute Gasteiger partial charge is 0.375 e. The van der Waals surface area contributed by atoms with Gasteiger partial charge in [-0.3, -0.25) is 10.1 Å². The van der Waals surface area contributed by atoms with E-state index in [1.165, 1.54) is 6.07 Å². The molecular formula is C12H12BrN3O2. The summed E-state index contributed by atoms with van der Waals surface area (Å²) >= 11 is 3.22. The first kappa shape index (κ1) is 12.8. The molecule has 0 unspecified atom stereocenters. The third-order valence-electron chi connectivity index (χ3n) is 3.18. The number of nitrogens with one attached hydrogen (secondary N) is 1. The van der Waals surface area contributed by atoms with Crippen LogP contribution in [0.3, 0.4) is 0 Å². The second-order valence-electron chi connectivity index (χ2n) is 4.34. The van der Waals surface area contributed by atoms with E-state index in [9.17, 15) is 10.1 Å². The number of hydrogen-bond acceptors (Lipinski definition) is 4. The fourth-order valence-corrected chi connectivity index (χ4v) is 2.61. The van der Waals surface area contributed by atoms with Crippen molar-refractivity contribution in [3.8, 4) is 6.07 Å². The van der Waals surface area contributed by atoms with E-state index < -0.39 is 4.92 Å². The first-order chi connectivity index (χ1) is 8.61. The number of nitro benzene ring substituents is 1. The van der Waals surface area contributed by atoms with Crippen LogP contribution in [-0.4, -0.2) is 11.0 Å². The molecule has 1 aliphatic rings. The molecule has 2 atom stereocenters. The molecule has 0 aromatic heterocycles. The van der Waals surface area contributed by atoms with E-state index in [4.69, 9.17) is 5.26 Å². The molecule has 1 N–H and O–H groups in total. The molecule has 0 aliphatic heterocycles. The molecule has 5 nitrogen and oxygen atoms in total. The molecule has 0 radical (unpaired) electrons. The van der Waals surface area contributed by atoms with Gasteiger partial charge in [-0.2, -0.15) is 5.26 Å². The molecule has 18 heavy (non-hydrogen) atoms. The average Bonchev–Trinajstić information content (AvgIpc) is 2.78. The summed E-state index contributed by atoms with van der Waals surface area (Å²) in [7, 11) is 0. The molecular weight excluding hydrogens is 298 g/mol. The van der Waals surface area contributed by atoms with Crippen molar-refractivity contribution >= 4 is 27.3 Å². The monoisotopic (exact) mass is 309 g/mol. The highest BCUT2D eigenvalue weighted by molar-refractivity contribution is 9.10. The Morgan fingerprint density at radius 2 is 2.28 bits per heavy atom. The summed E-state index contributed by atoms with van der Waals surface area (Å²) in [5.41, 5.74) is 0.517. The molecule has 1 fully saturated rings. The highest BCUT2D eigenvalue weighted by atomic mass is 79.9. The topological polar surface area (TPSA) is 79.0 Å². The van der Waals surface area contributed by atoms with Crippen LogP contribution in [-0.2, 0) is 0 Å². The summed E-state index contributed by atoms with van der Waals surface area (Å²) in [6, 6.07) is 7.16. The summed E-state index contributed by atoms with van der Waals surface area (Å²) in [6.07, 6.45) is 2.73. The Morgan fingerprint density at radius 1 is 1.50 bits per heavy atom. The molecule has 1 aromatic rings. The Morgan fingerprint density at radius 3 is 2.94 bits per heavy atom. The summed E-state index contributed by atoms with van der Waals surface area (Å²) in [5.74, 6) is -0.0618. The van der Waals surface area contributed by atoms with Crippen molar-refractivity contribution in [2.75, 3.05) is 5.32 Å². The van der Waals surface area contributed by atoms with Crippen molar-refractivity contribution in [2.24, 2.45) is 5.92 Å². The molecule has 0 bridgehead atoms. The minimum absolute atomic E-state index is 0.00914. The second kappa shape index (κ2) is 5.36. The van der Waals surface area contributed by atoms with E-state index in [-0.39, 0.29) is 17.6 Å². The molecule has 94 valence electrons. The van der Waals surface area contributed by atoms with Gasteiger partial charge in [0.05, 0.1) is 16.9 Å². The number of anilines is 1. The van der Waals surface area contributed by atoms with Crippen molar-refractivity contribution in [1.82, 2.24) is 0 Å². The Labute approximate surface area is 113 Å². The van der Waals surface area contributed by atoms with Gasteiger partial charge in [0.15, 0.2) is 0 Å². The van der Waals surface area contributed by atoms with Crippen LogP contribution < -0.4 is 5.32 Å². The third-order valence-corrected chi connectivity index (χ3v) is 3.67. The second-order valence-corrected chi connectivity index (χ2v) is 5.25. The van der Waals surface area contributed by atoms with E-state index in [1.807, 2.05) is 0 Å². The lowest BCUT2D eigenvalue weighted by molar-refractivity contribution is -0.384. The van der Waals surface area contributed by atoms with Crippen LogP contribution in [0.15, 0.2) is 22.7 Å². The van der Waals surface area contributed by atoms with E-state index in [1.54, 1.807) is 12.1 Å². The predicted molar refractivity (Wildman–Crippen MR) is 71.2 cm³/mol. The molecule has 1 aromatic carbocycles. The van der Waals surface area contributed by atoms with Crippen LogP contribution in [0.25, 0.3) is 0 Å². The van der Waals surface area contributed by atoms with Gasteiger partial charge in [-0.15, -0.1) is 0 Å². The zero-order valence-corrected chi connectivity index (χ0v) is 11.2. The Kier molecular flexibility index (Phi) is 3.82. The van der Waals surface area contributed by atoms with Gasteiger partial charge in [-0.1, -0.05) is 15.9 Å². The zero-order valence-electron chi connectivity index (χ0n) is 9.60. The van der Waals surface area contributed by atoms with E-state index in [2.05, 4.69) is 27.3 Å². The Hall–Kier alpha value is -1.61. The average molecular weight is 310 g/mol. The van der Waals surface area contributed by atoms with Crippen LogP contribution in [0.1, 0.15) is 19.3 Å². The first-order valence-corrected chi connectivity index (χ1v) is 6.51. The highest BCUT2D eigenvalue weighted by Crippen LogP contribution is 2.33. The number of hydrogen-bond donors (Lipinski definition) is 1. The fourth-order valence-electron chi connectivity index (χ4n) is 2.26. The molecule has 0 saturated heterocycles. The number of nitriles is 1. The van der Waals surface area contributed by atoms with E-state index in [0.717, 1.165) is 19.3 Å². The number of halogens is 1. The lowest BCUT2D eigenvalue weighted by Crippen LogP contribution is -2.23. The molecule has 1 aliphatic carbocycles.